The topological polar surface area (TPSA) is 184 Å². The molecule has 61 heavy (non-hydrogen) atoms. The van der Waals surface area contributed by atoms with Crippen molar-refractivity contribution in [2.75, 3.05) is 20.3 Å². The minimum absolute atomic E-state index is 0.0569. The molecule has 0 heterocycles. The molecule has 14 heteroatoms. The van der Waals surface area contributed by atoms with E-state index in [9.17, 15) is 33.6 Å². The minimum Gasteiger partial charge on any atom is -0.494 e. The molecule has 5 rings (SSSR count). The molecule has 3 aromatic carbocycles. The van der Waals surface area contributed by atoms with Gasteiger partial charge in [-0.25, -0.2) is 9.59 Å². The van der Waals surface area contributed by atoms with Crippen LogP contribution in [-0.4, -0.2) is 61.9 Å². The highest BCUT2D eigenvalue weighted by molar-refractivity contribution is 5.94. The Morgan fingerprint density at radius 1 is 0.557 bits per heavy atom. The highest BCUT2D eigenvalue weighted by Crippen LogP contribution is 2.35. The van der Waals surface area contributed by atoms with Crippen molar-refractivity contribution < 1.29 is 66.7 Å². The Labute approximate surface area is 354 Å². The highest BCUT2D eigenvalue weighted by Gasteiger charge is 2.34. The Morgan fingerprint density at radius 3 is 1.49 bits per heavy atom. The molecule has 2 saturated carbocycles. The zero-order chi connectivity index (χ0) is 43.7. The lowest BCUT2D eigenvalue weighted by atomic mass is 9.82. The van der Waals surface area contributed by atoms with E-state index in [4.69, 9.17) is 33.2 Å². The van der Waals surface area contributed by atoms with Crippen LogP contribution in [0.5, 0.6) is 28.7 Å². The smallest absolute Gasteiger partial charge is 0.341 e. The largest absolute Gasteiger partial charge is 0.494 e. The summed E-state index contributed by atoms with van der Waals surface area (Å²) in [5.41, 5.74) is 0.673. The lowest BCUT2D eigenvalue weighted by Crippen LogP contribution is -2.31. The molecule has 0 atom stereocenters. The molecule has 2 aliphatic rings. The standard InChI is InChI=1S/C47H50O14/c1-4-35(48)28-30-8-18-37(19-9-30)58-43(50)31-10-12-33(13-11-31)45(52)60-39-24-25-41(40(29-39)47(54)55-3)61-46(53)34-16-14-32(15-17-34)44(51)59-38-22-20-36(21-23-38)56-26-6-7-27-57-42(49)5-2/h4-5,8-9,18-25,29,31-34H,1-2,6-7,10-17,26-28H2,3H3/t31-,32-,33-,34-. The first-order valence-electron chi connectivity index (χ1n) is 20.3. The Hall–Kier alpha value is -6.57. The van der Waals surface area contributed by atoms with Gasteiger partial charge in [0.1, 0.15) is 34.3 Å². The van der Waals surface area contributed by atoms with Gasteiger partial charge in [0, 0.05) is 12.5 Å². The second-order valence-electron chi connectivity index (χ2n) is 14.8. The summed E-state index contributed by atoms with van der Waals surface area (Å²) in [6.07, 6.45) is 7.08. The average Bonchev–Trinajstić information content (AvgIpc) is 3.28. The molecule has 2 fully saturated rings. The average molecular weight is 839 g/mol. The van der Waals surface area contributed by atoms with Crippen LogP contribution < -0.4 is 23.7 Å². The van der Waals surface area contributed by atoms with E-state index in [0.29, 0.717) is 88.1 Å². The molecule has 3 aromatic rings. The quantitative estimate of drug-likeness (QED) is 0.0507. The summed E-state index contributed by atoms with van der Waals surface area (Å²) >= 11 is 0. The molecule has 2 aliphatic carbocycles. The summed E-state index contributed by atoms with van der Waals surface area (Å²) in [6, 6.07) is 17.4. The fourth-order valence-corrected chi connectivity index (χ4v) is 7.03. The fraction of sp³-hybridized carbons (Fsp3) is 0.383. The summed E-state index contributed by atoms with van der Waals surface area (Å²) in [4.78, 5) is 87.6. The zero-order valence-corrected chi connectivity index (χ0v) is 34.1. The molecule has 322 valence electrons. The molecule has 0 amide bonds. The molecular weight excluding hydrogens is 789 g/mol. The van der Waals surface area contributed by atoms with Crippen molar-refractivity contribution in [1.29, 1.82) is 0 Å². The Morgan fingerprint density at radius 2 is 1.00 bits per heavy atom. The maximum absolute atomic E-state index is 13.2. The van der Waals surface area contributed by atoms with Crippen molar-refractivity contribution in [1.82, 2.24) is 0 Å². The first-order chi connectivity index (χ1) is 29.5. The maximum Gasteiger partial charge on any atom is 0.341 e. The van der Waals surface area contributed by atoms with Gasteiger partial charge in [-0.1, -0.05) is 25.3 Å². The van der Waals surface area contributed by atoms with E-state index < -0.39 is 59.5 Å². The molecule has 0 radical (unpaired) electrons. The van der Waals surface area contributed by atoms with E-state index in [0.717, 1.165) is 11.6 Å². The number of methoxy groups -OCH3 is 1. The van der Waals surface area contributed by atoms with E-state index in [1.165, 1.54) is 31.4 Å². The molecule has 0 N–H and O–H groups in total. The third-order valence-electron chi connectivity index (χ3n) is 10.6. The van der Waals surface area contributed by atoms with Crippen LogP contribution in [0, 0.1) is 23.7 Å². The normalized spacial score (nSPS) is 18.3. The SMILES string of the molecule is C=CC(=O)Cc1ccc(OC(=O)[C@H]2CC[C@H](C(=O)Oc3ccc(OC(=O)[C@H]4CC[C@H](C(=O)Oc5ccc(OCCCCOC(=O)C=C)cc5)CC4)c(C(=O)OC)c3)CC2)cc1. The molecule has 0 spiro atoms. The molecule has 0 aliphatic heterocycles. The molecule has 0 unspecified atom stereocenters. The van der Waals surface area contributed by atoms with Crippen molar-refractivity contribution in [2.45, 2.75) is 70.6 Å². The van der Waals surface area contributed by atoms with E-state index >= 15 is 0 Å². The van der Waals surface area contributed by atoms with Gasteiger partial charge in [0.15, 0.2) is 5.78 Å². The van der Waals surface area contributed by atoms with Crippen LogP contribution in [0.1, 0.15) is 80.1 Å². The predicted octanol–water partition coefficient (Wildman–Crippen LogP) is 7.29. The van der Waals surface area contributed by atoms with Crippen LogP contribution in [-0.2, 0) is 44.7 Å². The van der Waals surface area contributed by atoms with Gasteiger partial charge in [0.2, 0.25) is 0 Å². The molecule has 0 saturated heterocycles. The summed E-state index contributed by atoms with van der Waals surface area (Å²) in [6.45, 7) is 7.53. The van der Waals surface area contributed by atoms with E-state index in [2.05, 4.69) is 13.2 Å². The van der Waals surface area contributed by atoms with Gasteiger partial charge in [0.25, 0.3) is 0 Å². The molecular formula is C47H50O14. The summed E-state index contributed by atoms with van der Waals surface area (Å²) in [5.74, 6) is -3.74. The minimum atomic E-state index is -0.797. The Kier molecular flexibility index (Phi) is 16.9. The third kappa shape index (κ3) is 13.7. The van der Waals surface area contributed by atoms with Gasteiger partial charge in [0.05, 0.1) is 44.0 Å². The van der Waals surface area contributed by atoms with Gasteiger partial charge in [-0.15, -0.1) is 0 Å². The lowest BCUT2D eigenvalue weighted by Gasteiger charge is -2.26. The number of ketones is 1. The summed E-state index contributed by atoms with van der Waals surface area (Å²) in [5, 5.41) is 0. The van der Waals surface area contributed by atoms with Crippen LogP contribution in [0.3, 0.4) is 0 Å². The van der Waals surface area contributed by atoms with E-state index in [-0.39, 0.29) is 35.9 Å². The maximum atomic E-state index is 13.2. The Balaban J connectivity index is 1.04. The number of ether oxygens (including phenoxy) is 7. The number of unbranched alkanes of at least 4 members (excludes halogenated alkanes) is 1. The summed E-state index contributed by atoms with van der Waals surface area (Å²) in [7, 11) is 1.18. The van der Waals surface area contributed by atoms with Gasteiger partial charge < -0.3 is 33.2 Å². The van der Waals surface area contributed by atoms with Crippen LogP contribution in [0.4, 0.5) is 0 Å². The van der Waals surface area contributed by atoms with Crippen LogP contribution in [0.25, 0.3) is 0 Å². The van der Waals surface area contributed by atoms with E-state index in [1.807, 2.05) is 0 Å². The number of carbonyl (C=O) groups is 7. The van der Waals surface area contributed by atoms with Crippen LogP contribution in [0.15, 0.2) is 92.0 Å². The monoisotopic (exact) mass is 838 g/mol. The van der Waals surface area contributed by atoms with Crippen molar-refractivity contribution in [3.8, 4) is 28.7 Å². The van der Waals surface area contributed by atoms with Crippen molar-refractivity contribution >= 4 is 41.6 Å². The fourth-order valence-electron chi connectivity index (χ4n) is 7.03. The summed E-state index contributed by atoms with van der Waals surface area (Å²) < 4.78 is 37.9. The third-order valence-corrected chi connectivity index (χ3v) is 10.6. The Bertz CT molecular complexity index is 2050. The lowest BCUT2D eigenvalue weighted by molar-refractivity contribution is -0.145. The van der Waals surface area contributed by atoms with Crippen LogP contribution in [0.2, 0.25) is 0 Å². The van der Waals surface area contributed by atoms with Gasteiger partial charge in [-0.2, -0.15) is 0 Å². The van der Waals surface area contributed by atoms with Gasteiger partial charge in [-0.05, 0) is 130 Å². The zero-order valence-electron chi connectivity index (χ0n) is 34.1. The van der Waals surface area contributed by atoms with Crippen molar-refractivity contribution in [2.24, 2.45) is 23.7 Å². The molecule has 14 nitrogen and oxygen atoms in total. The number of carbonyl (C=O) groups excluding carboxylic acids is 7. The van der Waals surface area contributed by atoms with Crippen LogP contribution >= 0.6 is 0 Å². The van der Waals surface area contributed by atoms with Crippen molar-refractivity contribution in [3.05, 3.63) is 103 Å². The second kappa shape index (κ2) is 22.7. The first-order valence-corrected chi connectivity index (χ1v) is 20.3. The number of allylic oxidation sites excluding steroid dienone is 1. The van der Waals surface area contributed by atoms with Gasteiger partial charge in [-0.3, -0.25) is 24.0 Å². The number of esters is 6. The number of benzene rings is 3. The second-order valence-corrected chi connectivity index (χ2v) is 14.8. The number of hydrogen-bond acceptors (Lipinski definition) is 14. The molecule has 0 aromatic heterocycles. The predicted molar refractivity (Wildman–Crippen MR) is 219 cm³/mol. The molecule has 0 bridgehead atoms. The number of rotatable bonds is 19. The van der Waals surface area contributed by atoms with Gasteiger partial charge >= 0.3 is 35.8 Å². The van der Waals surface area contributed by atoms with Crippen molar-refractivity contribution in [3.63, 3.8) is 0 Å². The highest BCUT2D eigenvalue weighted by atomic mass is 16.6. The first kappa shape index (κ1) is 45.5. The van der Waals surface area contributed by atoms with E-state index in [1.54, 1.807) is 48.5 Å². The number of hydrogen-bond donors (Lipinski definition) is 0.